The average molecular weight is 411 g/mol. The van der Waals surface area contributed by atoms with Crippen LogP contribution in [0.25, 0.3) is 0 Å². The Balaban J connectivity index is 2.33. The van der Waals surface area contributed by atoms with Crippen molar-refractivity contribution in [3.63, 3.8) is 0 Å². The van der Waals surface area contributed by atoms with Crippen molar-refractivity contribution in [3.05, 3.63) is 44.2 Å². The molecule has 0 unspecified atom stereocenters. The lowest BCUT2D eigenvalue weighted by molar-refractivity contribution is 0.0697. The number of benzene rings is 1. The zero-order valence-electron chi connectivity index (χ0n) is 10.6. The number of carboxylic acids is 1. The van der Waals surface area contributed by atoms with Crippen LogP contribution in [0.5, 0.6) is 0 Å². The molecule has 0 fully saturated rings. The van der Waals surface area contributed by atoms with E-state index in [4.69, 9.17) is 16.7 Å². The van der Waals surface area contributed by atoms with Gasteiger partial charge in [0, 0.05) is 0 Å². The second kappa shape index (κ2) is 5.96. The molecule has 112 valence electrons. The average Bonchev–Trinajstić information content (AvgIpc) is 2.69. The molecule has 2 N–H and O–H groups in total. The summed E-state index contributed by atoms with van der Waals surface area (Å²) in [5.41, 5.74) is 0.932. The molecule has 2 rings (SSSR count). The second-order valence-corrected chi connectivity index (χ2v) is 8.81. The summed E-state index contributed by atoms with van der Waals surface area (Å²) in [5.74, 6) is -1.17. The van der Waals surface area contributed by atoms with Gasteiger partial charge in [-0.1, -0.05) is 11.6 Å². The summed E-state index contributed by atoms with van der Waals surface area (Å²) in [6.07, 6.45) is 0. The highest BCUT2D eigenvalue weighted by Crippen LogP contribution is 2.32. The maximum atomic E-state index is 12.2. The molecule has 9 heteroatoms. The van der Waals surface area contributed by atoms with Gasteiger partial charge >= 0.3 is 5.97 Å². The Morgan fingerprint density at radius 2 is 2.05 bits per heavy atom. The Labute approximate surface area is 138 Å². The van der Waals surface area contributed by atoms with Crippen LogP contribution in [0, 0.1) is 6.92 Å². The number of nitrogens with one attached hydrogen (secondary N) is 1. The Hall–Kier alpha value is -1.09. The van der Waals surface area contributed by atoms with Crippen LogP contribution in [0.2, 0.25) is 5.02 Å². The van der Waals surface area contributed by atoms with Crippen LogP contribution in [0.15, 0.2) is 32.3 Å². The summed E-state index contributed by atoms with van der Waals surface area (Å²) in [5, 5.41) is 8.84. The molecule has 0 aliphatic carbocycles. The fourth-order valence-electron chi connectivity index (χ4n) is 1.52. The van der Waals surface area contributed by atoms with E-state index in [-0.39, 0.29) is 20.5 Å². The molecule has 0 aliphatic rings. The van der Waals surface area contributed by atoms with Crippen molar-refractivity contribution in [2.75, 3.05) is 4.72 Å². The summed E-state index contributed by atoms with van der Waals surface area (Å²) in [4.78, 5) is 10.9. The number of rotatable bonds is 4. The number of anilines is 1. The maximum Gasteiger partial charge on any atom is 0.337 e. The van der Waals surface area contributed by atoms with E-state index in [9.17, 15) is 13.2 Å². The van der Waals surface area contributed by atoms with Crippen molar-refractivity contribution < 1.29 is 18.3 Å². The van der Waals surface area contributed by atoms with Gasteiger partial charge < -0.3 is 5.11 Å². The van der Waals surface area contributed by atoms with Crippen LogP contribution >= 0.6 is 38.9 Å². The van der Waals surface area contributed by atoms with E-state index < -0.39 is 16.0 Å². The summed E-state index contributed by atoms with van der Waals surface area (Å²) in [7, 11) is -3.73. The molecule has 1 aromatic carbocycles. The minimum atomic E-state index is -3.73. The molecule has 5 nitrogen and oxygen atoms in total. The zero-order valence-corrected chi connectivity index (χ0v) is 14.5. The van der Waals surface area contributed by atoms with Crippen molar-refractivity contribution in [2.24, 2.45) is 0 Å². The summed E-state index contributed by atoms with van der Waals surface area (Å²) < 4.78 is 27.7. The zero-order chi connectivity index (χ0) is 15.8. The minimum absolute atomic E-state index is 0.0359. The molecule has 0 amide bonds. The molecule has 2 aromatic rings. The SMILES string of the molecule is Cc1cc(S(=O)(=O)Nc2ccc(C(=O)O)c(Cl)c2)sc1Br. The first-order valence-corrected chi connectivity index (χ1v) is 8.99. The Morgan fingerprint density at radius 3 is 2.52 bits per heavy atom. The van der Waals surface area contributed by atoms with E-state index in [0.717, 1.165) is 20.7 Å². The van der Waals surface area contributed by atoms with Crippen molar-refractivity contribution in [3.8, 4) is 0 Å². The lowest BCUT2D eigenvalue weighted by Gasteiger charge is -2.07. The lowest BCUT2D eigenvalue weighted by atomic mass is 10.2. The van der Waals surface area contributed by atoms with E-state index in [1.54, 1.807) is 13.0 Å². The van der Waals surface area contributed by atoms with Crippen molar-refractivity contribution in [2.45, 2.75) is 11.1 Å². The van der Waals surface area contributed by atoms with Gasteiger partial charge in [0.2, 0.25) is 0 Å². The van der Waals surface area contributed by atoms with Crippen LogP contribution in [0.4, 0.5) is 5.69 Å². The van der Waals surface area contributed by atoms with Crippen molar-refractivity contribution in [1.82, 2.24) is 0 Å². The molecule has 0 atom stereocenters. The topological polar surface area (TPSA) is 83.5 Å². The Kier molecular flexibility index (Phi) is 4.62. The molecular formula is C12H9BrClNO4S2. The summed E-state index contributed by atoms with van der Waals surface area (Å²) in [6, 6.07) is 5.41. The van der Waals surface area contributed by atoms with Gasteiger partial charge in [-0.25, -0.2) is 13.2 Å². The predicted molar refractivity (Wildman–Crippen MR) is 86.0 cm³/mol. The fraction of sp³-hybridized carbons (Fsp3) is 0.0833. The highest BCUT2D eigenvalue weighted by molar-refractivity contribution is 9.11. The van der Waals surface area contributed by atoms with Gasteiger partial charge in [-0.05, 0) is 52.7 Å². The summed E-state index contributed by atoms with van der Waals surface area (Å²) in [6.45, 7) is 1.79. The molecule has 21 heavy (non-hydrogen) atoms. The molecule has 0 radical (unpaired) electrons. The molecule has 1 aromatic heterocycles. The lowest BCUT2D eigenvalue weighted by Crippen LogP contribution is -2.11. The third-order valence-corrected chi connectivity index (χ3v) is 6.86. The van der Waals surface area contributed by atoms with Gasteiger partial charge in [0.25, 0.3) is 10.0 Å². The molecule has 0 bridgehead atoms. The van der Waals surface area contributed by atoms with Gasteiger partial charge in [0.1, 0.15) is 4.21 Å². The number of hydrogen-bond donors (Lipinski definition) is 2. The standard InChI is InChI=1S/C12H9BrClNO4S2/c1-6-4-10(20-11(6)13)21(18,19)15-7-2-3-8(12(16)17)9(14)5-7/h2-5,15H,1H3,(H,16,17). The van der Waals surface area contributed by atoms with E-state index in [1.165, 1.54) is 18.2 Å². The highest BCUT2D eigenvalue weighted by Gasteiger charge is 2.19. The number of carboxylic acid groups (broad SMARTS) is 1. The number of aryl methyl sites for hydroxylation is 1. The number of aromatic carboxylic acids is 1. The first-order chi connectivity index (χ1) is 9.70. The molecule has 1 heterocycles. The van der Waals surface area contributed by atoms with Crippen molar-refractivity contribution >= 4 is 60.5 Å². The van der Waals surface area contributed by atoms with E-state index in [1.807, 2.05) is 0 Å². The number of carbonyl (C=O) groups is 1. The van der Waals surface area contributed by atoms with Gasteiger partial charge in [0.15, 0.2) is 0 Å². The van der Waals surface area contributed by atoms with Crippen molar-refractivity contribution in [1.29, 1.82) is 0 Å². The largest absolute Gasteiger partial charge is 0.478 e. The third-order valence-electron chi connectivity index (χ3n) is 2.55. The number of sulfonamides is 1. The van der Waals surface area contributed by atoms with Crippen LogP contribution in [-0.4, -0.2) is 19.5 Å². The molecule has 0 saturated heterocycles. The molecule has 0 spiro atoms. The first kappa shape index (κ1) is 16.3. The number of halogens is 2. The third kappa shape index (κ3) is 3.57. The molecule has 0 saturated carbocycles. The normalized spacial score (nSPS) is 11.4. The van der Waals surface area contributed by atoms with Gasteiger partial charge in [-0.3, -0.25) is 4.72 Å². The monoisotopic (exact) mass is 409 g/mol. The molecule has 0 aliphatic heterocycles. The Morgan fingerprint density at radius 1 is 1.38 bits per heavy atom. The van der Waals surface area contributed by atoms with E-state index in [0.29, 0.717) is 0 Å². The first-order valence-electron chi connectivity index (χ1n) is 5.52. The van der Waals surface area contributed by atoms with Gasteiger partial charge in [-0.15, -0.1) is 11.3 Å². The van der Waals surface area contributed by atoms with Gasteiger partial charge in [-0.2, -0.15) is 0 Å². The molecular weight excluding hydrogens is 402 g/mol. The summed E-state index contributed by atoms with van der Waals surface area (Å²) >= 11 is 10.2. The van der Waals surface area contributed by atoms with Crippen LogP contribution in [0.1, 0.15) is 15.9 Å². The second-order valence-electron chi connectivity index (χ2n) is 4.13. The smallest absolute Gasteiger partial charge is 0.337 e. The highest BCUT2D eigenvalue weighted by atomic mass is 79.9. The fourth-order valence-corrected chi connectivity index (χ4v) is 5.06. The van der Waals surface area contributed by atoms with Crippen LogP contribution < -0.4 is 4.72 Å². The van der Waals surface area contributed by atoms with Crippen LogP contribution in [0.3, 0.4) is 0 Å². The van der Waals surface area contributed by atoms with Gasteiger partial charge in [0.05, 0.1) is 20.1 Å². The predicted octanol–water partition coefficient (Wildman–Crippen LogP) is 3.97. The minimum Gasteiger partial charge on any atom is -0.478 e. The van der Waals surface area contributed by atoms with E-state index in [2.05, 4.69) is 20.7 Å². The number of hydrogen-bond acceptors (Lipinski definition) is 4. The maximum absolute atomic E-state index is 12.2. The number of thiophene rings is 1. The van der Waals surface area contributed by atoms with Crippen LogP contribution in [-0.2, 0) is 10.0 Å². The van der Waals surface area contributed by atoms with E-state index >= 15 is 0 Å². The Bertz CT molecular complexity index is 797. The quantitative estimate of drug-likeness (QED) is 0.799.